The summed E-state index contributed by atoms with van der Waals surface area (Å²) < 4.78 is 1.73. The number of hydrogen-bond donors (Lipinski definition) is 0. The number of carbonyl (C=O) groups excluding carboxylic acids is 1. The van der Waals surface area contributed by atoms with Crippen molar-refractivity contribution in [2.45, 2.75) is 59.0 Å². The zero-order chi connectivity index (χ0) is 17.6. The Morgan fingerprint density at radius 2 is 2.12 bits per heavy atom. The highest BCUT2D eigenvalue weighted by atomic mass is 32.1. The molecule has 0 saturated heterocycles. The van der Waals surface area contributed by atoms with Crippen molar-refractivity contribution in [3.05, 3.63) is 27.1 Å². The lowest BCUT2D eigenvalue weighted by Gasteiger charge is -2.29. The standard InChI is InChI=1S/C19H25N3O2S/c1-12(2)9-22-11-20-17-16(19(22)24)14-7-8-21(10-15(14)25-17)18(23)13-5-3-4-6-13/h11-13H,3-10H2,1-2H3. The third-order valence-corrected chi connectivity index (χ3v) is 6.53. The summed E-state index contributed by atoms with van der Waals surface area (Å²) in [6, 6.07) is 0. The van der Waals surface area contributed by atoms with Gasteiger partial charge >= 0.3 is 0 Å². The Morgan fingerprint density at radius 3 is 2.84 bits per heavy atom. The second kappa shape index (κ2) is 6.56. The molecule has 4 rings (SSSR count). The van der Waals surface area contributed by atoms with Gasteiger partial charge in [0.2, 0.25) is 5.91 Å². The molecule has 2 aromatic heterocycles. The molecule has 6 heteroatoms. The van der Waals surface area contributed by atoms with Crippen LogP contribution < -0.4 is 5.56 Å². The average Bonchev–Trinajstić information content (AvgIpc) is 3.23. The highest BCUT2D eigenvalue weighted by Crippen LogP contribution is 2.34. The molecule has 0 aromatic carbocycles. The van der Waals surface area contributed by atoms with Gasteiger partial charge in [0.1, 0.15) is 4.83 Å². The molecule has 25 heavy (non-hydrogen) atoms. The van der Waals surface area contributed by atoms with Crippen LogP contribution in [0, 0.1) is 11.8 Å². The lowest BCUT2D eigenvalue weighted by molar-refractivity contribution is -0.136. The summed E-state index contributed by atoms with van der Waals surface area (Å²) in [7, 11) is 0. The minimum Gasteiger partial charge on any atom is -0.337 e. The van der Waals surface area contributed by atoms with E-state index in [0.717, 1.165) is 46.5 Å². The minimum atomic E-state index is 0.0757. The van der Waals surface area contributed by atoms with Crippen molar-refractivity contribution in [1.29, 1.82) is 0 Å². The molecule has 1 saturated carbocycles. The minimum absolute atomic E-state index is 0.0757. The number of nitrogens with zero attached hydrogens (tertiary/aromatic N) is 3. The van der Waals surface area contributed by atoms with E-state index < -0.39 is 0 Å². The monoisotopic (exact) mass is 359 g/mol. The van der Waals surface area contributed by atoms with Crippen LogP contribution in [-0.2, 0) is 24.3 Å². The summed E-state index contributed by atoms with van der Waals surface area (Å²) in [5.41, 5.74) is 1.21. The molecule has 5 nitrogen and oxygen atoms in total. The third kappa shape index (κ3) is 3.01. The van der Waals surface area contributed by atoms with Gasteiger partial charge in [0.15, 0.2) is 0 Å². The zero-order valence-corrected chi connectivity index (χ0v) is 15.8. The molecule has 2 aromatic rings. The second-order valence-corrected chi connectivity index (χ2v) is 8.85. The number of amides is 1. The summed E-state index contributed by atoms with van der Waals surface area (Å²) in [4.78, 5) is 34.1. The second-order valence-electron chi connectivity index (χ2n) is 7.77. The number of hydrogen-bond acceptors (Lipinski definition) is 4. The number of thiophene rings is 1. The van der Waals surface area contributed by atoms with E-state index in [2.05, 4.69) is 18.8 Å². The van der Waals surface area contributed by atoms with E-state index in [4.69, 9.17) is 0 Å². The fourth-order valence-corrected chi connectivity index (χ4v) is 5.35. The first-order chi connectivity index (χ1) is 12.0. The first kappa shape index (κ1) is 16.8. The van der Waals surface area contributed by atoms with Crippen molar-refractivity contribution < 1.29 is 4.79 Å². The Balaban J connectivity index is 1.65. The van der Waals surface area contributed by atoms with Crippen molar-refractivity contribution in [3.8, 4) is 0 Å². The lowest BCUT2D eigenvalue weighted by Crippen LogP contribution is -2.38. The van der Waals surface area contributed by atoms with Gasteiger partial charge < -0.3 is 4.90 Å². The van der Waals surface area contributed by atoms with E-state index >= 15 is 0 Å². The largest absolute Gasteiger partial charge is 0.337 e. The van der Waals surface area contributed by atoms with Crippen molar-refractivity contribution in [2.75, 3.05) is 6.54 Å². The van der Waals surface area contributed by atoms with Gasteiger partial charge in [-0.05, 0) is 30.7 Å². The fraction of sp³-hybridized carbons (Fsp3) is 0.632. The van der Waals surface area contributed by atoms with Crippen LogP contribution in [0.4, 0.5) is 0 Å². The normalized spacial score (nSPS) is 18.3. The summed E-state index contributed by atoms with van der Waals surface area (Å²) in [6.45, 7) is 6.28. The lowest BCUT2D eigenvalue weighted by atomic mass is 10.0. The molecule has 1 aliphatic heterocycles. The van der Waals surface area contributed by atoms with Crippen molar-refractivity contribution in [2.24, 2.45) is 11.8 Å². The Bertz CT molecular complexity index is 861. The molecular formula is C19H25N3O2S. The van der Waals surface area contributed by atoms with Gasteiger partial charge in [-0.3, -0.25) is 14.2 Å². The highest BCUT2D eigenvalue weighted by Gasteiger charge is 2.31. The van der Waals surface area contributed by atoms with Crippen molar-refractivity contribution >= 4 is 27.5 Å². The molecule has 2 aliphatic rings. The summed E-state index contributed by atoms with van der Waals surface area (Å²) >= 11 is 1.59. The van der Waals surface area contributed by atoms with Crippen LogP contribution in [0.5, 0.6) is 0 Å². The quantitative estimate of drug-likeness (QED) is 0.846. The molecule has 0 spiro atoms. The SMILES string of the molecule is CC(C)Cn1cnc2sc3c(c2c1=O)CCN(C(=O)C1CCCC1)C3. The Labute approximate surface area is 151 Å². The Hall–Kier alpha value is -1.69. The first-order valence-corrected chi connectivity index (χ1v) is 10.1. The van der Waals surface area contributed by atoms with E-state index in [1.54, 1.807) is 22.2 Å². The summed E-state index contributed by atoms with van der Waals surface area (Å²) in [6.07, 6.45) is 6.88. The van der Waals surface area contributed by atoms with Crippen molar-refractivity contribution in [3.63, 3.8) is 0 Å². The van der Waals surface area contributed by atoms with Gasteiger partial charge in [0.25, 0.3) is 5.56 Å². The molecule has 0 atom stereocenters. The predicted molar refractivity (Wildman–Crippen MR) is 99.8 cm³/mol. The first-order valence-electron chi connectivity index (χ1n) is 9.33. The molecule has 1 aliphatic carbocycles. The van der Waals surface area contributed by atoms with Crippen LogP contribution >= 0.6 is 11.3 Å². The number of aromatic nitrogens is 2. The van der Waals surface area contributed by atoms with Crippen LogP contribution in [0.15, 0.2) is 11.1 Å². The predicted octanol–water partition coefficient (Wildman–Crippen LogP) is 3.19. The molecule has 0 bridgehead atoms. The highest BCUT2D eigenvalue weighted by molar-refractivity contribution is 7.18. The van der Waals surface area contributed by atoms with E-state index in [-0.39, 0.29) is 11.5 Å². The molecule has 134 valence electrons. The van der Waals surface area contributed by atoms with E-state index in [9.17, 15) is 9.59 Å². The van der Waals surface area contributed by atoms with E-state index in [1.807, 2.05) is 4.90 Å². The maximum Gasteiger partial charge on any atom is 0.262 e. The molecule has 1 amide bonds. The molecule has 1 fully saturated rings. The number of carbonyl (C=O) groups is 1. The fourth-order valence-electron chi connectivity index (χ4n) is 4.16. The summed E-state index contributed by atoms with van der Waals surface area (Å²) in [5.74, 6) is 0.939. The van der Waals surface area contributed by atoms with Crippen LogP contribution in [0.2, 0.25) is 0 Å². The van der Waals surface area contributed by atoms with E-state index in [0.29, 0.717) is 24.9 Å². The summed E-state index contributed by atoms with van der Waals surface area (Å²) in [5, 5.41) is 0.788. The molecular weight excluding hydrogens is 334 g/mol. The maximum atomic E-state index is 12.9. The van der Waals surface area contributed by atoms with Gasteiger partial charge in [-0.15, -0.1) is 11.3 Å². The zero-order valence-electron chi connectivity index (χ0n) is 15.0. The molecule has 0 radical (unpaired) electrons. The Morgan fingerprint density at radius 1 is 1.36 bits per heavy atom. The van der Waals surface area contributed by atoms with Gasteiger partial charge in [0, 0.05) is 23.9 Å². The van der Waals surface area contributed by atoms with Gasteiger partial charge in [0.05, 0.1) is 18.3 Å². The van der Waals surface area contributed by atoms with Crippen LogP contribution in [0.25, 0.3) is 10.2 Å². The molecule has 3 heterocycles. The van der Waals surface area contributed by atoms with Crippen LogP contribution in [0.3, 0.4) is 0 Å². The van der Waals surface area contributed by atoms with Crippen molar-refractivity contribution in [1.82, 2.24) is 14.5 Å². The smallest absolute Gasteiger partial charge is 0.262 e. The van der Waals surface area contributed by atoms with Gasteiger partial charge in [-0.2, -0.15) is 0 Å². The number of rotatable bonds is 3. The Kier molecular flexibility index (Phi) is 4.40. The topological polar surface area (TPSA) is 55.2 Å². The van der Waals surface area contributed by atoms with Gasteiger partial charge in [-0.25, -0.2) is 4.98 Å². The van der Waals surface area contributed by atoms with Gasteiger partial charge in [-0.1, -0.05) is 26.7 Å². The molecule has 0 unspecified atom stereocenters. The van der Waals surface area contributed by atoms with Crippen LogP contribution in [0.1, 0.15) is 50.0 Å². The molecule has 0 N–H and O–H groups in total. The van der Waals surface area contributed by atoms with Crippen LogP contribution in [-0.4, -0.2) is 26.9 Å². The maximum absolute atomic E-state index is 12.9. The number of fused-ring (bicyclic) bond motifs is 3. The third-order valence-electron chi connectivity index (χ3n) is 5.41. The average molecular weight is 359 g/mol. The van der Waals surface area contributed by atoms with E-state index in [1.165, 1.54) is 12.8 Å².